The largest absolute Gasteiger partial charge is 0.510 e. The van der Waals surface area contributed by atoms with E-state index in [9.17, 15) is 4.79 Å². The van der Waals surface area contributed by atoms with Crippen LogP contribution in [0.5, 0.6) is 0 Å². The lowest BCUT2D eigenvalue weighted by atomic mass is 10.3. The molecule has 25 heavy (non-hydrogen) atoms. The lowest BCUT2D eigenvalue weighted by Gasteiger charge is -2.43. The quantitative estimate of drug-likeness (QED) is 0.269. The van der Waals surface area contributed by atoms with Gasteiger partial charge < -0.3 is 22.2 Å². The number of ether oxygens (including phenoxy) is 1. The highest BCUT2D eigenvalue weighted by Crippen LogP contribution is 2.30. The van der Waals surface area contributed by atoms with Gasteiger partial charge >= 0.3 is 15.0 Å². The lowest BCUT2D eigenvalue weighted by Crippen LogP contribution is -2.60. The van der Waals surface area contributed by atoms with Gasteiger partial charge in [0.15, 0.2) is 25.0 Å². The second-order valence-electron chi connectivity index (χ2n) is 9.09. The van der Waals surface area contributed by atoms with Gasteiger partial charge in [-0.05, 0) is 65.3 Å². The molecule has 0 atom stereocenters. The average Bonchev–Trinajstić information content (AvgIpc) is 2.18. The van der Waals surface area contributed by atoms with Gasteiger partial charge in [0.25, 0.3) is 0 Å². The second-order valence-corrected chi connectivity index (χ2v) is 26.1. The van der Waals surface area contributed by atoms with Crippen molar-refractivity contribution in [2.45, 2.75) is 77.8 Å². The SMILES string of the molecule is C=C(CCC[Si](O[Si](C)(C)C)(O[Si](C)(C)C)O[Si](C)(C)C)OC(=O)O. The van der Waals surface area contributed by atoms with Gasteiger partial charge in [-0.15, -0.1) is 0 Å². The highest BCUT2D eigenvalue weighted by molar-refractivity contribution is 6.90. The summed E-state index contributed by atoms with van der Waals surface area (Å²) in [5, 5.41) is 8.67. The van der Waals surface area contributed by atoms with Crippen LogP contribution in [0.2, 0.25) is 65.0 Å². The summed E-state index contributed by atoms with van der Waals surface area (Å²) in [6.45, 7) is 22.9. The van der Waals surface area contributed by atoms with Crippen molar-refractivity contribution >= 4 is 39.9 Å². The summed E-state index contributed by atoms with van der Waals surface area (Å²) in [4.78, 5) is 10.6. The Labute approximate surface area is 157 Å². The van der Waals surface area contributed by atoms with Crippen LogP contribution in [0.15, 0.2) is 12.3 Å². The summed E-state index contributed by atoms with van der Waals surface area (Å²) in [5.41, 5.74) is 0. The van der Waals surface area contributed by atoms with Crippen LogP contribution in [0.4, 0.5) is 4.79 Å². The first-order chi connectivity index (χ1) is 10.9. The zero-order valence-corrected chi connectivity index (χ0v) is 21.3. The molecule has 0 aromatic rings. The summed E-state index contributed by atoms with van der Waals surface area (Å²) in [5.74, 6) is 0.240. The zero-order valence-electron chi connectivity index (χ0n) is 17.3. The molecule has 0 spiro atoms. The van der Waals surface area contributed by atoms with Crippen molar-refractivity contribution in [3.05, 3.63) is 12.3 Å². The molecule has 0 aliphatic heterocycles. The molecule has 0 amide bonds. The second kappa shape index (κ2) is 9.11. The molecule has 0 aromatic carbocycles. The van der Waals surface area contributed by atoms with Crippen LogP contribution in [0.3, 0.4) is 0 Å². The standard InChI is InChI=1S/C15H36O6Si4/c1-14(18-15(16)17)12-11-13-25(19-22(2,3)4,20-23(5,6)7)21-24(8,9)10/h1,11-13H2,2-10H3,(H,16,17). The minimum Gasteiger partial charge on any atom is -0.449 e. The number of hydrogen-bond acceptors (Lipinski definition) is 5. The van der Waals surface area contributed by atoms with Crippen molar-refractivity contribution in [1.82, 2.24) is 0 Å². The maximum atomic E-state index is 10.6. The Morgan fingerprint density at radius 2 is 1.20 bits per heavy atom. The molecule has 0 saturated heterocycles. The summed E-state index contributed by atoms with van der Waals surface area (Å²) >= 11 is 0. The minimum absolute atomic E-state index is 0.240. The summed E-state index contributed by atoms with van der Waals surface area (Å²) < 4.78 is 24.3. The van der Waals surface area contributed by atoms with E-state index in [1.165, 1.54) is 0 Å². The Morgan fingerprint density at radius 1 is 0.840 bits per heavy atom. The van der Waals surface area contributed by atoms with Gasteiger partial charge in [-0.1, -0.05) is 6.58 Å². The fraction of sp³-hybridized carbons (Fsp3) is 0.800. The van der Waals surface area contributed by atoms with Crippen LogP contribution in [-0.4, -0.2) is 45.0 Å². The smallest absolute Gasteiger partial charge is 0.449 e. The van der Waals surface area contributed by atoms with E-state index in [0.29, 0.717) is 18.9 Å². The monoisotopic (exact) mass is 424 g/mol. The van der Waals surface area contributed by atoms with Crippen LogP contribution >= 0.6 is 0 Å². The van der Waals surface area contributed by atoms with E-state index < -0.39 is 39.9 Å². The Bertz CT molecular complexity index is 421. The molecule has 148 valence electrons. The van der Waals surface area contributed by atoms with E-state index in [-0.39, 0.29) is 5.76 Å². The maximum Gasteiger partial charge on any atom is 0.510 e. The number of allylic oxidation sites excluding steroid dienone is 1. The van der Waals surface area contributed by atoms with Gasteiger partial charge in [0, 0.05) is 12.5 Å². The lowest BCUT2D eigenvalue weighted by molar-refractivity contribution is 0.116. The third kappa shape index (κ3) is 13.6. The molecule has 0 aliphatic carbocycles. The first kappa shape index (κ1) is 24.8. The molecule has 1 N–H and O–H groups in total. The van der Waals surface area contributed by atoms with Gasteiger partial charge in [-0.3, -0.25) is 0 Å². The van der Waals surface area contributed by atoms with Crippen LogP contribution in [0.25, 0.3) is 0 Å². The first-order valence-corrected chi connectivity index (χ1v) is 20.8. The van der Waals surface area contributed by atoms with Crippen molar-refractivity contribution in [3.8, 4) is 0 Å². The summed E-state index contributed by atoms with van der Waals surface area (Å²) in [6.07, 6.45) is -0.221. The summed E-state index contributed by atoms with van der Waals surface area (Å²) in [7, 11) is -8.53. The predicted octanol–water partition coefficient (Wildman–Crippen LogP) is 5.47. The van der Waals surface area contributed by atoms with E-state index in [2.05, 4.69) is 70.2 Å². The molecule has 0 unspecified atom stereocenters. The molecule has 6 nitrogen and oxygen atoms in total. The van der Waals surface area contributed by atoms with Crippen LogP contribution in [0, 0.1) is 0 Å². The Balaban J connectivity index is 5.36. The first-order valence-electron chi connectivity index (χ1n) is 8.62. The molecule has 0 radical (unpaired) electrons. The van der Waals surface area contributed by atoms with Gasteiger partial charge in [0.05, 0.1) is 0 Å². The number of hydrogen-bond donors (Lipinski definition) is 1. The third-order valence-corrected chi connectivity index (χ3v) is 14.6. The van der Waals surface area contributed by atoms with Crippen molar-refractivity contribution in [2.75, 3.05) is 0 Å². The van der Waals surface area contributed by atoms with E-state index in [1.807, 2.05) is 0 Å². The fourth-order valence-corrected chi connectivity index (χ4v) is 16.9. The molecule has 0 fully saturated rings. The van der Waals surface area contributed by atoms with Crippen molar-refractivity contribution in [2.24, 2.45) is 0 Å². The number of rotatable bonds is 11. The van der Waals surface area contributed by atoms with Crippen molar-refractivity contribution in [1.29, 1.82) is 0 Å². The zero-order chi connectivity index (χ0) is 20.1. The van der Waals surface area contributed by atoms with Crippen molar-refractivity contribution < 1.29 is 27.0 Å². The molecule has 0 rings (SSSR count). The Kier molecular flexibility index (Phi) is 9.02. The van der Waals surface area contributed by atoms with Gasteiger partial charge in [0.1, 0.15) is 5.76 Å². The topological polar surface area (TPSA) is 74.2 Å². The average molecular weight is 425 g/mol. The fourth-order valence-electron chi connectivity index (χ4n) is 2.29. The maximum absolute atomic E-state index is 10.6. The highest BCUT2D eigenvalue weighted by atomic mass is 28.5. The Morgan fingerprint density at radius 3 is 1.48 bits per heavy atom. The van der Waals surface area contributed by atoms with Crippen LogP contribution in [0.1, 0.15) is 12.8 Å². The minimum atomic E-state index is -2.87. The molecule has 0 saturated carbocycles. The molecule has 0 aliphatic rings. The predicted molar refractivity (Wildman–Crippen MR) is 111 cm³/mol. The van der Waals surface area contributed by atoms with E-state index in [4.69, 9.17) is 17.5 Å². The van der Waals surface area contributed by atoms with Gasteiger partial charge in [-0.2, -0.15) is 0 Å². The molecule has 0 heterocycles. The van der Waals surface area contributed by atoms with Gasteiger partial charge in [-0.25, -0.2) is 4.79 Å². The Hall–Kier alpha value is -0.242. The van der Waals surface area contributed by atoms with Crippen molar-refractivity contribution in [3.63, 3.8) is 0 Å². The molecular formula is C15H36O6Si4. The molecular weight excluding hydrogens is 389 g/mol. The van der Waals surface area contributed by atoms with E-state index in [1.54, 1.807) is 0 Å². The van der Waals surface area contributed by atoms with Crippen LogP contribution in [-0.2, 0) is 17.1 Å². The van der Waals surface area contributed by atoms with Crippen LogP contribution < -0.4 is 0 Å². The number of carboxylic acid groups (broad SMARTS) is 1. The third-order valence-electron chi connectivity index (χ3n) is 2.56. The van der Waals surface area contributed by atoms with E-state index in [0.717, 1.165) is 0 Å². The normalized spacial score (nSPS) is 13.6. The highest BCUT2D eigenvalue weighted by Gasteiger charge is 2.49. The number of carbonyl (C=O) groups is 1. The molecule has 0 aromatic heterocycles. The van der Waals surface area contributed by atoms with E-state index >= 15 is 0 Å². The molecule has 10 heteroatoms. The summed E-state index contributed by atoms with van der Waals surface area (Å²) in [6, 6.07) is 0.647. The van der Waals surface area contributed by atoms with Gasteiger partial charge in [0.2, 0.25) is 0 Å². The molecule has 0 bridgehead atoms.